The van der Waals surface area contributed by atoms with Crippen molar-refractivity contribution in [2.45, 2.75) is 38.0 Å². The maximum atomic E-state index is 13.3. The first-order valence-corrected chi connectivity index (χ1v) is 8.72. The summed E-state index contributed by atoms with van der Waals surface area (Å²) in [5.41, 5.74) is 0.682. The van der Waals surface area contributed by atoms with Gasteiger partial charge in [-0.15, -0.1) is 0 Å². The van der Waals surface area contributed by atoms with Crippen LogP contribution in [0.2, 0.25) is 5.02 Å². The minimum atomic E-state index is -0.400. The van der Waals surface area contributed by atoms with Gasteiger partial charge in [0, 0.05) is 38.1 Å². The van der Waals surface area contributed by atoms with Crippen LogP contribution in [0.3, 0.4) is 0 Å². The maximum absolute atomic E-state index is 13.3. The van der Waals surface area contributed by atoms with Crippen molar-refractivity contribution in [3.63, 3.8) is 0 Å². The van der Waals surface area contributed by atoms with Crippen molar-refractivity contribution in [3.05, 3.63) is 34.9 Å². The van der Waals surface area contributed by atoms with E-state index in [0.717, 1.165) is 31.2 Å². The summed E-state index contributed by atoms with van der Waals surface area (Å²) in [6.45, 7) is 4.13. The molecule has 1 saturated carbocycles. The molecule has 0 N–H and O–H groups in total. The quantitative estimate of drug-likeness (QED) is 0.834. The molecule has 0 spiro atoms. The molecule has 5 heteroatoms. The second-order valence-electron chi connectivity index (χ2n) is 6.59. The van der Waals surface area contributed by atoms with Crippen molar-refractivity contribution in [3.8, 4) is 0 Å². The van der Waals surface area contributed by atoms with Gasteiger partial charge in [0.25, 0.3) is 0 Å². The number of piperazine rings is 1. The van der Waals surface area contributed by atoms with Crippen molar-refractivity contribution in [1.82, 2.24) is 9.80 Å². The second-order valence-corrected chi connectivity index (χ2v) is 7.03. The maximum Gasteiger partial charge on any atom is 0.233 e. The first-order chi connectivity index (χ1) is 11.0. The molecule has 3 rings (SSSR count). The first kappa shape index (κ1) is 16.3. The zero-order valence-corrected chi connectivity index (χ0v) is 14.3. The van der Waals surface area contributed by atoms with Gasteiger partial charge in [-0.1, -0.05) is 36.6 Å². The van der Waals surface area contributed by atoms with Crippen molar-refractivity contribution in [2.24, 2.45) is 0 Å². The highest BCUT2D eigenvalue weighted by Crippen LogP contribution is 2.43. The predicted molar refractivity (Wildman–Crippen MR) is 90.4 cm³/mol. The molecule has 0 unspecified atom stereocenters. The molecule has 1 aliphatic heterocycles. The number of nitrogens with zero attached hydrogens (tertiary/aromatic N) is 2. The smallest absolute Gasteiger partial charge is 0.233 e. The predicted octanol–water partition coefficient (Wildman–Crippen LogP) is 2.84. The lowest BCUT2D eigenvalue weighted by atomic mass is 9.77. The Kier molecular flexibility index (Phi) is 4.62. The molecular formula is C18H23ClN2O2. The van der Waals surface area contributed by atoms with Gasteiger partial charge in [-0.25, -0.2) is 0 Å². The lowest BCUT2D eigenvalue weighted by molar-refractivity contribution is -0.142. The minimum Gasteiger partial charge on any atom is -0.339 e. The zero-order chi connectivity index (χ0) is 16.4. The number of carbonyl (C=O) groups is 2. The van der Waals surface area contributed by atoms with Crippen LogP contribution in [0.15, 0.2) is 24.3 Å². The van der Waals surface area contributed by atoms with E-state index >= 15 is 0 Å². The lowest BCUT2D eigenvalue weighted by Crippen LogP contribution is -2.54. The van der Waals surface area contributed by atoms with E-state index in [1.54, 1.807) is 6.92 Å². The molecular weight excluding hydrogens is 312 g/mol. The van der Waals surface area contributed by atoms with Crippen molar-refractivity contribution in [2.75, 3.05) is 26.2 Å². The van der Waals surface area contributed by atoms with Crippen molar-refractivity contribution in [1.29, 1.82) is 0 Å². The van der Waals surface area contributed by atoms with Gasteiger partial charge in [0.1, 0.15) is 0 Å². The summed E-state index contributed by atoms with van der Waals surface area (Å²) in [6, 6.07) is 7.74. The van der Waals surface area contributed by atoms with Crippen LogP contribution < -0.4 is 0 Å². The van der Waals surface area contributed by atoms with E-state index < -0.39 is 5.41 Å². The van der Waals surface area contributed by atoms with Gasteiger partial charge in [0.05, 0.1) is 5.41 Å². The molecule has 4 nitrogen and oxygen atoms in total. The van der Waals surface area contributed by atoms with Gasteiger partial charge in [-0.2, -0.15) is 0 Å². The average Bonchev–Trinajstić information content (AvgIpc) is 3.06. The van der Waals surface area contributed by atoms with Gasteiger partial charge < -0.3 is 9.80 Å². The van der Waals surface area contributed by atoms with Crippen LogP contribution in [0.5, 0.6) is 0 Å². The number of amides is 2. The Labute approximate surface area is 142 Å². The molecule has 1 aromatic rings. The summed E-state index contributed by atoms with van der Waals surface area (Å²) in [5, 5.41) is 0.699. The summed E-state index contributed by atoms with van der Waals surface area (Å²) in [4.78, 5) is 28.5. The van der Waals surface area contributed by atoms with E-state index in [0.29, 0.717) is 31.2 Å². The van der Waals surface area contributed by atoms with Crippen LogP contribution in [-0.4, -0.2) is 47.8 Å². The largest absolute Gasteiger partial charge is 0.339 e. The van der Waals surface area contributed by atoms with E-state index in [1.165, 1.54) is 0 Å². The molecule has 0 aromatic heterocycles. The minimum absolute atomic E-state index is 0.0883. The summed E-state index contributed by atoms with van der Waals surface area (Å²) in [6.07, 6.45) is 3.98. The number of rotatable bonds is 2. The summed E-state index contributed by atoms with van der Waals surface area (Å²) in [5.74, 6) is 0.311. The monoisotopic (exact) mass is 334 g/mol. The fourth-order valence-corrected chi connectivity index (χ4v) is 4.03. The molecule has 0 bridgehead atoms. The summed E-state index contributed by atoms with van der Waals surface area (Å²) < 4.78 is 0. The van der Waals surface area contributed by atoms with Crippen LogP contribution in [0, 0.1) is 0 Å². The number of carbonyl (C=O) groups excluding carboxylic acids is 2. The Bertz CT molecular complexity index is 586. The topological polar surface area (TPSA) is 40.6 Å². The van der Waals surface area contributed by atoms with Crippen LogP contribution >= 0.6 is 11.6 Å². The number of hydrogen-bond acceptors (Lipinski definition) is 2. The fraction of sp³-hybridized carbons (Fsp3) is 0.556. The van der Waals surface area contributed by atoms with Crippen molar-refractivity contribution >= 4 is 23.4 Å². The van der Waals surface area contributed by atoms with E-state index in [-0.39, 0.29) is 11.8 Å². The van der Waals surface area contributed by atoms with E-state index in [1.807, 2.05) is 34.1 Å². The number of hydrogen-bond donors (Lipinski definition) is 0. The molecule has 23 heavy (non-hydrogen) atoms. The molecule has 0 atom stereocenters. The van der Waals surface area contributed by atoms with E-state index in [9.17, 15) is 9.59 Å². The summed E-state index contributed by atoms with van der Waals surface area (Å²) in [7, 11) is 0. The van der Waals surface area contributed by atoms with Crippen LogP contribution in [0.4, 0.5) is 0 Å². The number of halogens is 1. The molecule has 1 heterocycles. The Morgan fingerprint density at radius 1 is 0.957 bits per heavy atom. The molecule has 1 aromatic carbocycles. The van der Waals surface area contributed by atoms with E-state index in [2.05, 4.69) is 0 Å². The fourth-order valence-electron chi connectivity index (χ4n) is 3.90. The van der Waals surface area contributed by atoms with Crippen LogP contribution in [0.25, 0.3) is 0 Å². The van der Waals surface area contributed by atoms with Gasteiger partial charge in [0.2, 0.25) is 11.8 Å². The number of benzene rings is 1. The molecule has 1 aliphatic carbocycles. The van der Waals surface area contributed by atoms with Gasteiger partial charge in [-0.05, 0) is 30.5 Å². The van der Waals surface area contributed by atoms with E-state index in [4.69, 9.17) is 11.6 Å². The third-order valence-corrected chi connectivity index (χ3v) is 5.53. The average molecular weight is 335 g/mol. The highest BCUT2D eigenvalue weighted by atomic mass is 35.5. The Morgan fingerprint density at radius 2 is 1.48 bits per heavy atom. The van der Waals surface area contributed by atoms with Gasteiger partial charge in [-0.3, -0.25) is 9.59 Å². The normalized spacial score (nSPS) is 20.6. The first-order valence-electron chi connectivity index (χ1n) is 8.34. The third-order valence-electron chi connectivity index (χ3n) is 5.28. The molecule has 0 radical (unpaired) electrons. The Hall–Kier alpha value is -1.55. The third kappa shape index (κ3) is 3.09. The summed E-state index contributed by atoms with van der Waals surface area (Å²) >= 11 is 6.00. The molecule has 2 aliphatic rings. The van der Waals surface area contributed by atoms with Crippen LogP contribution in [-0.2, 0) is 15.0 Å². The lowest BCUT2D eigenvalue weighted by Gasteiger charge is -2.40. The molecule has 2 amide bonds. The van der Waals surface area contributed by atoms with Crippen molar-refractivity contribution < 1.29 is 9.59 Å². The van der Waals surface area contributed by atoms with Gasteiger partial charge >= 0.3 is 0 Å². The standard InChI is InChI=1S/C18H23ClN2O2/c1-14(22)20-10-12-21(13-11-20)17(23)18(8-2-3-9-18)15-4-6-16(19)7-5-15/h4-7H,2-3,8-13H2,1H3. The molecule has 2 fully saturated rings. The SMILES string of the molecule is CC(=O)N1CCN(C(=O)C2(c3ccc(Cl)cc3)CCCC2)CC1. The van der Waals surface area contributed by atoms with Crippen LogP contribution in [0.1, 0.15) is 38.2 Å². The Morgan fingerprint density at radius 3 is 2.00 bits per heavy atom. The zero-order valence-electron chi connectivity index (χ0n) is 13.6. The molecule has 124 valence electrons. The van der Waals surface area contributed by atoms with Gasteiger partial charge in [0.15, 0.2) is 0 Å². The highest BCUT2D eigenvalue weighted by Gasteiger charge is 2.45. The Balaban J connectivity index is 1.80. The highest BCUT2D eigenvalue weighted by molar-refractivity contribution is 6.30. The molecule has 1 saturated heterocycles. The second kappa shape index (κ2) is 6.52.